The van der Waals surface area contributed by atoms with Gasteiger partial charge in [0, 0.05) is 12.8 Å². The van der Waals surface area contributed by atoms with Gasteiger partial charge >= 0.3 is 25.7 Å². The summed E-state index contributed by atoms with van der Waals surface area (Å²) in [5.74, 6) is -2.37. The van der Waals surface area contributed by atoms with Crippen LogP contribution in [0.15, 0.2) is 48.6 Å². The second kappa shape index (κ2) is 50.8. The van der Waals surface area contributed by atoms with Gasteiger partial charge in [0.25, 0.3) is 0 Å². The zero-order chi connectivity index (χ0) is 49.9. The molecule has 0 heterocycles. The Morgan fingerprint density at radius 3 is 1.24 bits per heavy atom. The number of phosphoric acid groups is 1. The number of hydrogen-bond donors (Lipinski definition) is 3. The first-order valence-electron chi connectivity index (χ1n) is 27.7. The monoisotopic (exact) mass is 980 g/mol. The van der Waals surface area contributed by atoms with Gasteiger partial charge in [0.05, 0.1) is 13.2 Å². The van der Waals surface area contributed by atoms with Gasteiger partial charge in [-0.15, -0.1) is 0 Å². The van der Waals surface area contributed by atoms with Gasteiger partial charge in [-0.1, -0.05) is 242 Å². The number of nitrogens with two attached hydrogens (primary N) is 1. The van der Waals surface area contributed by atoms with Crippen LogP contribution in [-0.2, 0) is 37.5 Å². The second-order valence-electron chi connectivity index (χ2n) is 18.7. The summed E-state index contributed by atoms with van der Waals surface area (Å²) in [6.07, 6.45) is 60.3. The Bertz CT molecular complexity index is 1330. The van der Waals surface area contributed by atoms with E-state index in [0.29, 0.717) is 12.8 Å². The van der Waals surface area contributed by atoms with Crippen molar-refractivity contribution in [2.24, 2.45) is 5.73 Å². The summed E-state index contributed by atoms with van der Waals surface area (Å²) in [7, 11) is -4.73. The average Bonchev–Trinajstić information content (AvgIpc) is 3.32. The van der Waals surface area contributed by atoms with Crippen molar-refractivity contribution >= 4 is 25.7 Å². The van der Waals surface area contributed by atoms with Crippen LogP contribution in [0.25, 0.3) is 0 Å². The summed E-state index contributed by atoms with van der Waals surface area (Å²) in [4.78, 5) is 46.3. The molecule has 3 unspecified atom stereocenters. The van der Waals surface area contributed by atoms with Gasteiger partial charge in [-0.3, -0.25) is 23.4 Å². The molecular formula is C56H102NO10P. The molecule has 0 amide bonds. The SMILES string of the molecule is CC/C=C\C/C=C\C/C=C\C/C=C\CCCCCCCCCCCCC(=O)OC(COC(=O)CCCCCCCCCCCCCCCCCCCCCCC)COP(=O)(O)OCC(N)C(=O)O. The van der Waals surface area contributed by atoms with E-state index in [4.69, 9.17) is 29.4 Å². The lowest BCUT2D eigenvalue weighted by atomic mass is 10.0. The van der Waals surface area contributed by atoms with E-state index in [1.165, 1.54) is 148 Å². The number of unbranched alkanes of at least 4 members (excludes halogenated alkanes) is 30. The predicted octanol–water partition coefficient (Wildman–Crippen LogP) is 16.1. The molecule has 3 atom stereocenters. The minimum Gasteiger partial charge on any atom is -0.480 e. The van der Waals surface area contributed by atoms with E-state index >= 15 is 0 Å². The fourth-order valence-corrected chi connectivity index (χ4v) is 8.60. The number of aliphatic carboxylic acids is 1. The van der Waals surface area contributed by atoms with E-state index in [1.807, 2.05) is 0 Å². The summed E-state index contributed by atoms with van der Waals surface area (Å²) in [5, 5.41) is 8.94. The van der Waals surface area contributed by atoms with Crippen molar-refractivity contribution < 1.29 is 47.5 Å². The van der Waals surface area contributed by atoms with Crippen LogP contribution < -0.4 is 5.73 Å². The zero-order valence-electron chi connectivity index (χ0n) is 43.4. The van der Waals surface area contributed by atoms with E-state index in [9.17, 15) is 23.8 Å². The van der Waals surface area contributed by atoms with Gasteiger partial charge in [-0.25, -0.2) is 4.57 Å². The van der Waals surface area contributed by atoms with Crippen LogP contribution in [0.5, 0.6) is 0 Å². The largest absolute Gasteiger partial charge is 0.480 e. The maximum atomic E-state index is 12.7. The number of ether oxygens (including phenoxy) is 2. The molecule has 0 radical (unpaired) electrons. The number of rotatable bonds is 52. The van der Waals surface area contributed by atoms with E-state index in [-0.39, 0.29) is 19.4 Å². The van der Waals surface area contributed by atoms with E-state index in [0.717, 1.165) is 70.6 Å². The summed E-state index contributed by atoms with van der Waals surface area (Å²) < 4.78 is 32.9. The van der Waals surface area contributed by atoms with Gasteiger partial charge in [0.15, 0.2) is 6.10 Å². The Hall–Kier alpha value is -2.56. The Kier molecular flexibility index (Phi) is 48.9. The first kappa shape index (κ1) is 65.4. The van der Waals surface area contributed by atoms with Crippen LogP contribution in [-0.4, -0.2) is 59.9 Å². The van der Waals surface area contributed by atoms with Gasteiger partial charge < -0.3 is 25.2 Å². The molecule has 0 aromatic heterocycles. The Labute approximate surface area is 415 Å². The second-order valence-corrected chi connectivity index (χ2v) is 20.1. The maximum absolute atomic E-state index is 12.7. The molecule has 0 saturated carbocycles. The smallest absolute Gasteiger partial charge is 0.472 e. The normalized spacial score (nSPS) is 13.8. The number of allylic oxidation sites excluding steroid dienone is 8. The van der Waals surface area contributed by atoms with E-state index in [1.54, 1.807) is 0 Å². The molecule has 0 aliphatic carbocycles. The molecule has 11 nitrogen and oxygen atoms in total. The van der Waals surface area contributed by atoms with Crippen molar-refractivity contribution in [3.8, 4) is 0 Å². The van der Waals surface area contributed by atoms with Gasteiger partial charge in [0.1, 0.15) is 12.6 Å². The molecule has 0 aliphatic heterocycles. The lowest BCUT2D eigenvalue weighted by molar-refractivity contribution is -0.161. The number of carboxylic acids is 1. The topological polar surface area (TPSA) is 172 Å². The van der Waals surface area contributed by atoms with Crippen molar-refractivity contribution in [3.63, 3.8) is 0 Å². The molecule has 0 rings (SSSR count). The summed E-state index contributed by atoms with van der Waals surface area (Å²) in [6, 6.07) is -1.52. The molecule has 0 bridgehead atoms. The summed E-state index contributed by atoms with van der Waals surface area (Å²) in [6.45, 7) is 2.74. The Morgan fingerprint density at radius 2 is 0.824 bits per heavy atom. The first-order chi connectivity index (χ1) is 33.1. The van der Waals surface area contributed by atoms with Crippen LogP contribution in [0, 0.1) is 0 Å². The van der Waals surface area contributed by atoms with Crippen molar-refractivity contribution in [2.75, 3.05) is 19.8 Å². The molecule has 0 spiro atoms. The molecule has 12 heteroatoms. The summed E-state index contributed by atoms with van der Waals surface area (Å²) in [5.41, 5.74) is 5.36. The molecule has 4 N–H and O–H groups in total. The number of carbonyl (C=O) groups excluding carboxylic acids is 2. The minimum absolute atomic E-state index is 0.157. The molecule has 0 fully saturated rings. The van der Waals surface area contributed by atoms with Crippen molar-refractivity contribution in [1.82, 2.24) is 0 Å². The summed E-state index contributed by atoms with van der Waals surface area (Å²) >= 11 is 0. The van der Waals surface area contributed by atoms with Crippen molar-refractivity contribution in [1.29, 1.82) is 0 Å². The molecule has 0 aliphatic rings. The Morgan fingerprint density at radius 1 is 0.471 bits per heavy atom. The van der Waals surface area contributed by atoms with Gasteiger partial charge in [-0.05, 0) is 51.4 Å². The third kappa shape index (κ3) is 49.8. The highest BCUT2D eigenvalue weighted by atomic mass is 31.2. The quantitative estimate of drug-likeness (QED) is 0.0229. The Balaban J connectivity index is 4.18. The number of phosphoric ester groups is 1. The molecule has 0 aromatic carbocycles. The lowest BCUT2D eigenvalue weighted by Crippen LogP contribution is -2.34. The fraction of sp³-hybridized carbons (Fsp3) is 0.804. The van der Waals surface area contributed by atoms with E-state index in [2.05, 4.69) is 62.5 Å². The van der Waals surface area contributed by atoms with E-state index < -0.39 is 51.1 Å². The third-order valence-electron chi connectivity index (χ3n) is 12.1. The first-order valence-corrected chi connectivity index (χ1v) is 29.2. The van der Waals surface area contributed by atoms with Crippen molar-refractivity contribution in [2.45, 2.75) is 270 Å². The average molecular weight is 980 g/mol. The molecule has 0 aromatic rings. The molecule has 0 saturated heterocycles. The fourth-order valence-electron chi connectivity index (χ4n) is 7.82. The van der Waals surface area contributed by atoms with Crippen molar-refractivity contribution in [3.05, 3.63) is 48.6 Å². The molecule has 396 valence electrons. The van der Waals surface area contributed by atoms with Gasteiger partial charge in [-0.2, -0.15) is 0 Å². The lowest BCUT2D eigenvalue weighted by Gasteiger charge is -2.20. The maximum Gasteiger partial charge on any atom is 0.472 e. The highest BCUT2D eigenvalue weighted by molar-refractivity contribution is 7.47. The third-order valence-corrected chi connectivity index (χ3v) is 13.0. The zero-order valence-corrected chi connectivity index (χ0v) is 44.3. The highest BCUT2D eigenvalue weighted by Gasteiger charge is 2.28. The predicted molar refractivity (Wildman–Crippen MR) is 282 cm³/mol. The number of carbonyl (C=O) groups is 3. The number of esters is 2. The van der Waals surface area contributed by atoms with Crippen LogP contribution in [0.3, 0.4) is 0 Å². The van der Waals surface area contributed by atoms with Crippen LogP contribution in [0.1, 0.15) is 258 Å². The standard InChI is InChI=1S/C56H102NO10P/c1-3-5-7-9-11-13-15-17-19-21-23-25-26-28-30-32-34-36-38-40-42-44-46-48-55(59)67-52(50-65-68(62,63)66-51-53(57)56(60)61)49-64-54(58)47-45-43-41-39-37-35-33-31-29-27-24-22-20-18-16-14-12-10-8-6-4-2/h5,7,11,13,17,19,23,25,52-53H,3-4,6,8-10,12,14-16,18,20-22,24,26-51,57H2,1-2H3,(H,60,61)(H,62,63)/b7-5-,13-11-,19-17-,25-23-. The van der Waals surface area contributed by atoms with Gasteiger partial charge in [0.2, 0.25) is 0 Å². The highest BCUT2D eigenvalue weighted by Crippen LogP contribution is 2.43. The van der Waals surface area contributed by atoms with Crippen LogP contribution in [0.2, 0.25) is 0 Å². The molecule has 68 heavy (non-hydrogen) atoms. The molecular weight excluding hydrogens is 878 g/mol. The number of carboxylic acid groups (broad SMARTS) is 1. The van der Waals surface area contributed by atoms with Crippen LogP contribution >= 0.6 is 7.82 Å². The van der Waals surface area contributed by atoms with Crippen LogP contribution in [0.4, 0.5) is 0 Å². The number of hydrogen-bond acceptors (Lipinski definition) is 9. The minimum atomic E-state index is -4.73.